The number of hydrogen-bond donors (Lipinski definition) is 1. The van der Waals surface area contributed by atoms with Gasteiger partial charge in [0.2, 0.25) is 0 Å². The number of benzene rings is 1. The molecular formula is C11H15FO3. The molecule has 0 aliphatic carbocycles. The fourth-order valence-electron chi connectivity index (χ4n) is 1.15. The van der Waals surface area contributed by atoms with E-state index < -0.39 is 5.82 Å². The number of hydrogen-bond acceptors (Lipinski definition) is 3. The van der Waals surface area contributed by atoms with E-state index in [1.54, 1.807) is 13.2 Å². The summed E-state index contributed by atoms with van der Waals surface area (Å²) in [5.74, 6) is -0.234. The van der Waals surface area contributed by atoms with E-state index in [0.717, 1.165) is 6.42 Å². The summed E-state index contributed by atoms with van der Waals surface area (Å²) in [6.07, 6.45) is 0.720. The van der Waals surface area contributed by atoms with E-state index in [1.165, 1.54) is 12.1 Å². The Hall–Kier alpha value is -1.13. The summed E-state index contributed by atoms with van der Waals surface area (Å²) in [6.45, 7) is 0.848. The Morgan fingerprint density at radius 1 is 1.33 bits per heavy atom. The van der Waals surface area contributed by atoms with Crippen molar-refractivity contribution in [1.29, 1.82) is 0 Å². The lowest BCUT2D eigenvalue weighted by Gasteiger charge is -2.07. The van der Waals surface area contributed by atoms with Crippen LogP contribution in [-0.2, 0) is 11.3 Å². The van der Waals surface area contributed by atoms with Gasteiger partial charge in [0.15, 0.2) is 11.6 Å². The Balaban J connectivity index is 2.47. The van der Waals surface area contributed by atoms with Gasteiger partial charge in [-0.1, -0.05) is 6.07 Å². The molecule has 0 radical (unpaired) electrons. The second-order valence-electron chi connectivity index (χ2n) is 3.12. The topological polar surface area (TPSA) is 38.7 Å². The minimum atomic E-state index is -0.445. The van der Waals surface area contributed by atoms with Crippen molar-refractivity contribution < 1.29 is 19.0 Å². The molecule has 0 amide bonds. The molecule has 0 spiro atoms. The van der Waals surface area contributed by atoms with Crippen LogP contribution < -0.4 is 4.74 Å². The van der Waals surface area contributed by atoms with E-state index in [4.69, 9.17) is 14.6 Å². The van der Waals surface area contributed by atoms with Crippen LogP contribution in [0.4, 0.5) is 4.39 Å². The monoisotopic (exact) mass is 214 g/mol. The number of aliphatic hydroxyl groups excluding tert-OH is 1. The Labute approximate surface area is 88.4 Å². The molecule has 0 aliphatic heterocycles. The number of halogens is 1. The second kappa shape index (κ2) is 6.37. The van der Waals surface area contributed by atoms with E-state index in [-0.39, 0.29) is 12.4 Å². The maximum absolute atomic E-state index is 13.3. The first-order chi connectivity index (χ1) is 7.27. The minimum Gasteiger partial charge on any atom is -0.490 e. The van der Waals surface area contributed by atoms with Gasteiger partial charge in [0, 0.05) is 20.1 Å². The summed E-state index contributed by atoms with van der Waals surface area (Å²) in [7, 11) is 1.61. The van der Waals surface area contributed by atoms with Crippen LogP contribution in [0.2, 0.25) is 0 Å². The third kappa shape index (κ3) is 3.85. The smallest absolute Gasteiger partial charge is 0.165 e. The molecule has 0 saturated heterocycles. The van der Waals surface area contributed by atoms with Gasteiger partial charge in [-0.3, -0.25) is 0 Å². The van der Waals surface area contributed by atoms with Crippen LogP contribution in [0.5, 0.6) is 5.75 Å². The van der Waals surface area contributed by atoms with Crippen molar-refractivity contribution in [3.8, 4) is 5.75 Å². The van der Waals surface area contributed by atoms with E-state index in [1.807, 2.05) is 0 Å². The molecule has 0 fully saturated rings. The molecule has 0 aromatic heterocycles. The predicted octanol–water partition coefficient (Wildman–Crippen LogP) is 1.73. The zero-order chi connectivity index (χ0) is 11.1. The normalized spacial score (nSPS) is 10.3. The SMILES string of the molecule is COCCCOc1ccc(CO)cc1F. The van der Waals surface area contributed by atoms with Crippen LogP contribution >= 0.6 is 0 Å². The molecule has 3 nitrogen and oxygen atoms in total. The van der Waals surface area contributed by atoms with Gasteiger partial charge in [0.25, 0.3) is 0 Å². The Kier molecular flexibility index (Phi) is 5.07. The van der Waals surface area contributed by atoms with Crippen molar-refractivity contribution >= 4 is 0 Å². The Morgan fingerprint density at radius 3 is 2.73 bits per heavy atom. The molecule has 15 heavy (non-hydrogen) atoms. The van der Waals surface area contributed by atoms with Crippen LogP contribution in [0.15, 0.2) is 18.2 Å². The van der Waals surface area contributed by atoms with Crippen molar-refractivity contribution in [1.82, 2.24) is 0 Å². The summed E-state index contributed by atoms with van der Waals surface area (Å²) < 4.78 is 23.3. The predicted molar refractivity (Wildman–Crippen MR) is 54.3 cm³/mol. The van der Waals surface area contributed by atoms with E-state index in [0.29, 0.717) is 18.8 Å². The van der Waals surface area contributed by atoms with Gasteiger partial charge in [-0.15, -0.1) is 0 Å². The highest BCUT2D eigenvalue weighted by Gasteiger charge is 2.03. The molecule has 1 N–H and O–H groups in total. The number of aliphatic hydroxyl groups is 1. The largest absolute Gasteiger partial charge is 0.490 e. The van der Waals surface area contributed by atoms with Gasteiger partial charge in [-0.05, 0) is 17.7 Å². The average Bonchev–Trinajstić information content (AvgIpc) is 2.26. The molecule has 84 valence electrons. The molecule has 1 aromatic rings. The Morgan fingerprint density at radius 2 is 2.13 bits per heavy atom. The van der Waals surface area contributed by atoms with Crippen LogP contribution in [0.3, 0.4) is 0 Å². The molecule has 1 rings (SSSR count). The number of methoxy groups -OCH3 is 1. The van der Waals surface area contributed by atoms with Gasteiger partial charge >= 0.3 is 0 Å². The van der Waals surface area contributed by atoms with Crippen molar-refractivity contribution in [3.05, 3.63) is 29.6 Å². The Bertz CT molecular complexity index is 302. The quantitative estimate of drug-likeness (QED) is 0.733. The number of ether oxygens (including phenoxy) is 2. The van der Waals surface area contributed by atoms with Gasteiger partial charge < -0.3 is 14.6 Å². The average molecular weight is 214 g/mol. The van der Waals surface area contributed by atoms with Crippen LogP contribution in [0.25, 0.3) is 0 Å². The van der Waals surface area contributed by atoms with Crippen molar-refractivity contribution in [2.75, 3.05) is 20.3 Å². The highest BCUT2D eigenvalue weighted by atomic mass is 19.1. The maximum atomic E-state index is 13.3. The summed E-state index contributed by atoms with van der Waals surface area (Å²) in [5.41, 5.74) is 0.539. The van der Waals surface area contributed by atoms with E-state index in [2.05, 4.69) is 0 Å². The summed E-state index contributed by atoms with van der Waals surface area (Å²) >= 11 is 0. The third-order valence-electron chi connectivity index (χ3n) is 1.93. The highest BCUT2D eigenvalue weighted by molar-refractivity contribution is 5.28. The maximum Gasteiger partial charge on any atom is 0.165 e. The molecule has 1 aromatic carbocycles. The van der Waals surface area contributed by atoms with Gasteiger partial charge in [0.1, 0.15) is 0 Å². The van der Waals surface area contributed by atoms with E-state index >= 15 is 0 Å². The molecule has 0 atom stereocenters. The zero-order valence-electron chi connectivity index (χ0n) is 8.70. The summed E-state index contributed by atoms with van der Waals surface area (Å²) in [6, 6.07) is 4.42. The lowest BCUT2D eigenvalue weighted by molar-refractivity contribution is 0.170. The van der Waals surface area contributed by atoms with Crippen LogP contribution in [0.1, 0.15) is 12.0 Å². The fraction of sp³-hybridized carbons (Fsp3) is 0.455. The molecule has 0 bridgehead atoms. The zero-order valence-corrected chi connectivity index (χ0v) is 8.70. The van der Waals surface area contributed by atoms with Crippen LogP contribution in [0, 0.1) is 5.82 Å². The molecule has 0 aliphatic rings. The summed E-state index contributed by atoms with van der Waals surface area (Å²) in [4.78, 5) is 0. The van der Waals surface area contributed by atoms with Gasteiger partial charge in [0.05, 0.1) is 13.2 Å². The first-order valence-corrected chi connectivity index (χ1v) is 4.79. The van der Waals surface area contributed by atoms with E-state index in [9.17, 15) is 4.39 Å². The molecule has 0 saturated carbocycles. The fourth-order valence-corrected chi connectivity index (χ4v) is 1.15. The van der Waals surface area contributed by atoms with Gasteiger partial charge in [-0.25, -0.2) is 4.39 Å². The van der Waals surface area contributed by atoms with Gasteiger partial charge in [-0.2, -0.15) is 0 Å². The molecule has 0 heterocycles. The summed E-state index contributed by atoms with van der Waals surface area (Å²) in [5, 5.41) is 8.77. The second-order valence-corrected chi connectivity index (χ2v) is 3.12. The minimum absolute atomic E-state index is 0.166. The molecular weight excluding hydrogens is 199 g/mol. The third-order valence-corrected chi connectivity index (χ3v) is 1.93. The van der Waals surface area contributed by atoms with Crippen LogP contribution in [-0.4, -0.2) is 25.4 Å². The first-order valence-electron chi connectivity index (χ1n) is 4.79. The van der Waals surface area contributed by atoms with Crippen molar-refractivity contribution in [3.63, 3.8) is 0 Å². The lowest BCUT2D eigenvalue weighted by atomic mass is 10.2. The van der Waals surface area contributed by atoms with Crippen molar-refractivity contribution in [2.24, 2.45) is 0 Å². The first kappa shape index (κ1) is 11.9. The standard InChI is InChI=1S/C11H15FO3/c1-14-5-2-6-15-11-4-3-9(8-13)7-10(11)12/h3-4,7,13H,2,5-6,8H2,1H3. The highest BCUT2D eigenvalue weighted by Crippen LogP contribution is 2.18. The molecule has 4 heteroatoms. The number of rotatable bonds is 6. The molecule has 0 unspecified atom stereocenters. The lowest BCUT2D eigenvalue weighted by Crippen LogP contribution is -2.02. The van der Waals surface area contributed by atoms with Crippen molar-refractivity contribution in [2.45, 2.75) is 13.0 Å².